The molecule has 0 aromatic heterocycles. The third-order valence-electron chi connectivity index (χ3n) is 3.03. The van der Waals surface area contributed by atoms with Gasteiger partial charge in [0, 0.05) is 6.42 Å². The number of nitriles is 1. The molecule has 1 fully saturated rings. The molecule has 0 unspecified atom stereocenters. The number of aliphatic hydroxyl groups excluding tert-OH is 1. The highest BCUT2D eigenvalue weighted by Crippen LogP contribution is 2.17. The van der Waals surface area contributed by atoms with E-state index in [9.17, 15) is 14.7 Å². The maximum absolute atomic E-state index is 12.0. The molecule has 1 saturated heterocycles. The van der Waals surface area contributed by atoms with E-state index in [4.69, 9.17) is 10.4 Å². The van der Waals surface area contributed by atoms with Gasteiger partial charge in [0.2, 0.25) is 5.91 Å². The smallest absolute Gasteiger partial charge is 0.326 e. The van der Waals surface area contributed by atoms with E-state index < -0.39 is 30.1 Å². The van der Waals surface area contributed by atoms with Crippen LogP contribution < -0.4 is 5.32 Å². The maximum Gasteiger partial charge on any atom is 0.326 e. The summed E-state index contributed by atoms with van der Waals surface area (Å²) >= 11 is 0. The standard InChI is InChI=1S/C12H19N3O4/c1-7(2)3-9(12(18)19)14-11(17)10-4-8(16)5-15(10)6-13/h7-10,16H,3-5H2,1-2H3,(H,14,17)(H,18,19)/t8-,9+,10+/m1/s1. The first-order chi connectivity index (χ1) is 8.85. The number of hydrogen-bond donors (Lipinski definition) is 3. The fourth-order valence-corrected chi connectivity index (χ4v) is 2.13. The molecule has 0 radical (unpaired) electrons. The molecule has 106 valence electrons. The molecule has 1 aliphatic rings. The van der Waals surface area contributed by atoms with E-state index in [1.807, 2.05) is 20.0 Å². The predicted molar refractivity (Wildman–Crippen MR) is 65.8 cm³/mol. The van der Waals surface area contributed by atoms with Gasteiger partial charge in [-0.3, -0.25) is 9.69 Å². The minimum atomic E-state index is -1.09. The van der Waals surface area contributed by atoms with E-state index in [1.165, 1.54) is 4.90 Å². The average molecular weight is 269 g/mol. The zero-order valence-corrected chi connectivity index (χ0v) is 11.0. The molecule has 0 spiro atoms. The van der Waals surface area contributed by atoms with E-state index in [2.05, 4.69) is 5.32 Å². The van der Waals surface area contributed by atoms with Gasteiger partial charge < -0.3 is 15.5 Å². The van der Waals surface area contributed by atoms with Crippen molar-refractivity contribution in [1.29, 1.82) is 5.26 Å². The molecule has 7 nitrogen and oxygen atoms in total. The number of likely N-dealkylation sites (tertiary alicyclic amines) is 1. The molecular weight excluding hydrogens is 250 g/mol. The molecule has 0 bridgehead atoms. The summed E-state index contributed by atoms with van der Waals surface area (Å²) in [6, 6.07) is -1.75. The second kappa shape index (κ2) is 6.38. The lowest BCUT2D eigenvalue weighted by Crippen LogP contribution is -2.48. The number of carboxylic acids is 1. The summed E-state index contributed by atoms with van der Waals surface area (Å²) in [4.78, 5) is 24.2. The van der Waals surface area contributed by atoms with Crippen LogP contribution >= 0.6 is 0 Å². The number of aliphatic hydroxyl groups is 1. The van der Waals surface area contributed by atoms with Crippen molar-refractivity contribution in [2.75, 3.05) is 6.54 Å². The number of hydrogen-bond acceptors (Lipinski definition) is 5. The Morgan fingerprint density at radius 3 is 2.63 bits per heavy atom. The molecule has 1 rings (SSSR count). The van der Waals surface area contributed by atoms with Crippen LogP contribution in [-0.4, -0.2) is 51.7 Å². The van der Waals surface area contributed by atoms with Crippen LogP contribution in [0.25, 0.3) is 0 Å². The van der Waals surface area contributed by atoms with Crippen molar-refractivity contribution in [3.05, 3.63) is 0 Å². The third-order valence-corrected chi connectivity index (χ3v) is 3.03. The van der Waals surface area contributed by atoms with Crippen LogP contribution in [0.5, 0.6) is 0 Å². The van der Waals surface area contributed by atoms with Gasteiger partial charge in [0.1, 0.15) is 12.1 Å². The minimum Gasteiger partial charge on any atom is -0.480 e. The van der Waals surface area contributed by atoms with E-state index in [-0.39, 0.29) is 18.9 Å². The zero-order valence-electron chi connectivity index (χ0n) is 11.0. The first kappa shape index (κ1) is 15.2. The number of carbonyl (C=O) groups excluding carboxylic acids is 1. The molecule has 0 aliphatic carbocycles. The molecule has 1 aliphatic heterocycles. The van der Waals surface area contributed by atoms with Gasteiger partial charge in [0.25, 0.3) is 0 Å². The summed E-state index contributed by atoms with van der Waals surface area (Å²) in [6.07, 6.45) is 1.57. The van der Waals surface area contributed by atoms with Crippen molar-refractivity contribution in [1.82, 2.24) is 10.2 Å². The number of β-amino-alcohol motifs (C(OH)–C–C–N with tert-alkyl or cyclic N) is 1. The molecule has 0 saturated carbocycles. The van der Waals surface area contributed by atoms with Crippen molar-refractivity contribution in [2.24, 2.45) is 5.92 Å². The second-order valence-corrected chi connectivity index (χ2v) is 5.19. The molecule has 0 aromatic rings. The first-order valence-electron chi connectivity index (χ1n) is 6.22. The Morgan fingerprint density at radius 2 is 2.16 bits per heavy atom. The predicted octanol–water partition coefficient (Wildman–Crippen LogP) is -0.482. The van der Waals surface area contributed by atoms with Gasteiger partial charge in [-0.15, -0.1) is 0 Å². The Morgan fingerprint density at radius 1 is 1.53 bits per heavy atom. The Labute approximate surface area is 111 Å². The number of nitrogens with zero attached hydrogens (tertiary/aromatic N) is 2. The molecular formula is C12H19N3O4. The lowest BCUT2D eigenvalue weighted by molar-refractivity contribution is -0.142. The van der Waals surface area contributed by atoms with Crippen molar-refractivity contribution in [2.45, 2.75) is 44.9 Å². The van der Waals surface area contributed by atoms with Crippen LogP contribution in [-0.2, 0) is 9.59 Å². The van der Waals surface area contributed by atoms with Gasteiger partial charge in [-0.05, 0) is 12.3 Å². The van der Waals surface area contributed by atoms with Gasteiger partial charge >= 0.3 is 5.97 Å². The van der Waals surface area contributed by atoms with E-state index in [0.717, 1.165) is 0 Å². The van der Waals surface area contributed by atoms with E-state index in [0.29, 0.717) is 6.42 Å². The van der Waals surface area contributed by atoms with Gasteiger partial charge in [-0.2, -0.15) is 5.26 Å². The van der Waals surface area contributed by atoms with E-state index in [1.54, 1.807) is 0 Å². The monoisotopic (exact) mass is 269 g/mol. The highest BCUT2D eigenvalue weighted by atomic mass is 16.4. The maximum atomic E-state index is 12.0. The van der Waals surface area contributed by atoms with Crippen LogP contribution in [0.15, 0.2) is 0 Å². The number of amides is 1. The largest absolute Gasteiger partial charge is 0.480 e. The lowest BCUT2D eigenvalue weighted by atomic mass is 10.0. The topological polar surface area (TPSA) is 114 Å². The summed E-state index contributed by atoms with van der Waals surface area (Å²) in [5.74, 6) is -1.49. The van der Waals surface area contributed by atoms with Crippen LogP contribution in [0.2, 0.25) is 0 Å². The number of aliphatic carboxylic acids is 1. The lowest BCUT2D eigenvalue weighted by Gasteiger charge is -2.21. The fourth-order valence-electron chi connectivity index (χ4n) is 2.13. The summed E-state index contributed by atoms with van der Waals surface area (Å²) in [6.45, 7) is 3.84. The molecule has 3 atom stereocenters. The number of carbonyl (C=O) groups is 2. The normalized spacial score (nSPS) is 24.1. The number of carboxylic acid groups (broad SMARTS) is 1. The van der Waals surface area contributed by atoms with Gasteiger partial charge in [0.05, 0.1) is 12.6 Å². The second-order valence-electron chi connectivity index (χ2n) is 5.19. The zero-order chi connectivity index (χ0) is 14.6. The summed E-state index contributed by atoms with van der Waals surface area (Å²) < 4.78 is 0. The Kier molecular flexibility index (Phi) is 5.12. The Hall–Kier alpha value is -1.81. The van der Waals surface area contributed by atoms with E-state index >= 15 is 0 Å². The van der Waals surface area contributed by atoms with Crippen LogP contribution in [0.1, 0.15) is 26.7 Å². The van der Waals surface area contributed by atoms with Crippen LogP contribution in [0.4, 0.5) is 0 Å². The molecule has 1 heterocycles. The Balaban J connectivity index is 2.67. The summed E-state index contributed by atoms with van der Waals surface area (Å²) in [5.41, 5.74) is 0. The van der Waals surface area contributed by atoms with Gasteiger partial charge in [-0.1, -0.05) is 13.8 Å². The average Bonchev–Trinajstić information content (AvgIpc) is 2.68. The summed E-state index contributed by atoms with van der Waals surface area (Å²) in [7, 11) is 0. The quantitative estimate of drug-likeness (QED) is 0.581. The van der Waals surface area contributed by atoms with Crippen LogP contribution in [0, 0.1) is 17.4 Å². The third kappa shape index (κ3) is 4.10. The number of rotatable bonds is 5. The molecule has 0 aromatic carbocycles. The summed E-state index contributed by atoms with van der Waals surface area (Å²) in [5, 5.41) is 29.8. The fraction of sp³-hybridized carbons (Fsp3) is 0.750. The molecule has 3 N–H and O–H groups in total. The first-order valence-corrected chi connectivity index (χ1v) is 6.22. The van der Waals surface area contributed by atoms with Crippen molar-refractivity contribution < 1.29 is 19.8 Å². The molecule has 1 amide bonds. The molecule has 19 heavy (non-hydrogen) atoms. The Bertz CT molecular complexity index is 391. The van der Waals surface area contributed by atoms with Crippen molar-refractivity contribution in [3.8, 4) is 6.19 Å². The SMILES string of the molecule is CC(C)C[C@H](NC(=O)[C@@H]1C[C@@H](O)CN1C#N)C(=O)O. The minimum absolute atomic E-state index is 0.108. The highest BCUT2D eigenvalue weighted by Gasteiger charge is 2.37. The van der Waals surface area contributed by atoms with Gasteiger partial charge in [0.15, 0.2) is 6.19 Å². The van der Waals surface area contributed by atoms with Crippen LogP contribution in [0.3, 0.4) is 0 Å². The van der Waals surface area contributed by atoms with Gasteiger partial charge in [-0.25, -0.2) is 4.79 Å². The molecule has 7 heteroatoms. The van der Waals surface area contributed by atoms with Crippen molar-refractivity contribution >= 4 is 11.9 Å². The van der Waals surface area contributed by atoms with Crippen molar-refractivity contribution in [3.63, 3.8) is 0 Å². The number of nitrogens with one attached hydrogen (secondary N) is 1. The highest BCUT2D eigenvalue weighted by molar-refractivity contribution is 5.87.